The maximum Gasteiger partial charge on any atom is 0.223 e. The molecule has 16 heavy (non-hydrogen) atoms. The molecular weight excluding hydrogens is 229 g/mol. The van der Waals surface area contributed by atoms with Crippen LogP contribution in [0, 0.1) is 5.82 Å². The Morgan fingerprint density at radius 3 is 2.75 bits per heavy atom. The summed E-state index contributed by atoms with van der Waals surface area (Å²) in [4.78, 5) is 13.0. The summed E-state index contributed by atoms with van der Waals surface area (Å²) in [5.41, 5.74) is 0.632. The van der Waals surface area contributed by atoms with Crippen molar-refractivity contribution < 1.29 is 9.18 Å². The van der Waals surface area contributed by atoms with E-state index >= 15 is 0 Å². The molecule has 0 saturated carbocycles. The Labute approximate surface area is 100 Å². The predicted molar refractivity (Wildman–Crippen MR) is 63.1 cm³/mol. The van der Waals surface area contributed by atoms with Crippen molar-refractivity contribution in [1.29, 1.82) is 0 Å². The van der Waals surface area contributed by atoms with Crippen molar-refractivity contribution in [3.63, 3.8) is 0 Å². The fourth-order valence-electron chi connectivity index (χ4n) is 1.39. The molecule has 0 spiro atoms. The molecule has 1 aromatic rings. The second kappa shape index (κ2) is 6.48. The molecule has 0 atom stereocenters. The van der Waals surface area contributed by atoms with Crippen molar-refractivity contribution in [2.45, 2.75) is 12.8 Å². The summed E-state index contributed by atoms with van der Waals surface area (Å²) in [7, 11) is 1.70. The van der Waals surface area contributed by atoms with Crippen LogP contribution in [0.2, 0.25) is 0 Å². The van der Waals surface area contributed by atoms with Crippen LogP contribution < -0.4 is 0 Å². The number of hydrogen-bond donors (Lipinski definition) is 0. The van der Waals surface area contributed by atoms with Gasteiger partial charge >= 0.3 is 0 Å². The topological polar surface area (TPSA) is 20.3 Å². The van der Waals surface area contributed by atoms with Gasteiger partial charge in [0, 0.05) is 25.9 Å². The first-order valence-corrected chi connectivity index (χ1v) is 5.72. The summed E-state index contributed by atoms with van der Waals surface area (Å²) in [5, 5.41) is 0. The van der Waals surface area contributed by atoms with Gasteiger partial charge in [0.1, 0.15) is 5.82 Å². The van der Waals surface area contributed by atoms with Crippen molar-refractivity contribution >= 4 is 17.5 Å². The van der Waals surface area contributed by atoms with Crippen LogP contribution in [-0.2, 0) is 11.2 Å². The van der Waals surface area contributed by atoms with E-state index in [1.165, 1.54) is 6.07 Å². The molecule has 0 fully saturated rings. The maximum absolute atomic E-state index is 13.3. The lowest BCUT2D eigenvalue weighted by Gasteiger charge is -2.16. The third kappa shape index (κ3) is 3.81. The van der Waals surface area contributed by atoms with E-state index in [-0.39, 0.29) is 11.7 Å². The van der Waals surface area contributed by atoms with Crippen molar-refractivity contribution in [3.05, 3.63) is 35.6 Å². The molecular formula is C12H15ClFNO. The van der Waals surface area contributed by atoms with Gasteiger partial charge < -0.3 is 4.90 Å². The highest BCUT2D eigenvalue weighted by Crippen LogP contribution is 2.07. The number of nitrogens with zero attached hydrogens (tertiary/aromatic N) is 1. The Hall–Kier alpha value is -1.09. The highest BCUT2D eigenvalue weighted by Gasteiger charge is 2.08. The monoisotopic (exact) mass is 243 g/mol. The second-order valence-corrected chi connectivity index (χ2v) is 3.97. The molecule has 0 aliphatic heterocycles. The molecule has 4 heteroatoms. The smallest absolute Gasteiger partial charge is 0.223 e. The molecule has 0 heterocycles. The van der Waals surface area contributed by atoms with Crippen molar-refractivity contribution in [3.8, 4) is 0 Å². The maximum atomic E-state index is 13.3. The van der Waals surface area contributed by atoms with E-state index in [9.17, 15) is 9.18 Å². The number of carbonyl (C=O) groups is 1. The Balaban J connectivity index is 2.46. The van der Waals surface area contributed by atoms with Crippen molar-refractivity contribution in [2.24, 2.45) is 0 Å². The van der Waals surface area contributed by atoms with Crippen LogP contribution in [0.15, 0.2) is 24.3 Å². The SMILES string of the molecule is CN(CCc1ccccc1F)C(=O)CCCl. The van der Waals surface area contributed by atoms with Crippen LogP contribution in [0.5, 0.6) is 0 Å². The van der Waals surface area contributed by atoms with Crippen molar-refractivity contribution in [1.82, 2.24) is 4.90 Å². The lowest BCUT2D eigenvalue weighted by Crippen LogP contribution is -2.29. The fourth-order valence-corrected chi connectivity index (χ4v) is 1.55. The van der Waals surface area contributed by atoms with Gasteiger partial charge in [-0.3, -0.25) is 4.79 Å². The zero-order valence-electron chi connectivity index (χ0n) is 9.25. The largest absolute Gasteiger partial charge is 0.345 e. The normalized spacial score (nSPS) is 10.2. The van der Waals surface area contributed by atoms with Gasteiger partial charge in [-0.2, -0.15) is 0 Å². The van der Waals surface area contributed by atoms with E-state index in [1.54, 1.807) is 30.1 Å². The van der Waals surface area contributed by atoms with Crippen molar-refractivity contribution in [2.75, 3.05) is 19.5 Å². The van der Waals surface area contributed by atoms with E-state index in [2.05, 4.69) is 0 Å². The van der Waals surface area contributed by atoms with Gasteiger partial charge in [0.05, 0.1) is 0 Å². The molecule has 0 aliphatic carbocycles. The standard InChI is InChI=1S/C12H15ClFNO/c1-15(12(16)6-8-13)9-7-10-4-2-3-5-11(10)14/h2-5H,6-9H2,1H3. The number of carbonyl (C=O) groups excluding carboxylic acids is 1. The van der Waals surface area contributed by atoms with Gasteiger partial charge in [-0.15, -0.1) is 11.6 Å². The molecule has 0 bridgehead atoms. The molecule has 1 rings (SSSR count). The minimum absolute atomic E-state index is 0.00802. The number of rotatable bonds is 5. The fraction of sp³-hybridized carbons (Fsp3) is 0.417. The summed E-state index contributed by atoms with van der Waals surface area (Å²) in [6.45, 7) is 0.511. The summed E-state index contributed by atoms with van der Waals surface area (Å²) < 4.78 is 13.3. The first-order chi connectivity index (χ1) is 7.65. The first-order valence-electron chi connectivity index (χ1n) is 5.18. The lowest BCUT2D eigenvalue weighted by molar-refractivity contribution is -0.129. The van der Waals surface area contributed by atoms with Crippen LogP contribution >= 0.6 is 11.6 Å². The zero-order valence-corrected chi connectivity index (χ0v) is 10.0. The third-order valence-electron chi connectivity index (χ3n) is 2.41. The van der Waals surface area contributed by atoms with Crippen LogP contribution in [0.4, 0.5) is 4.39 Å². The van der Waals surface area contributed by atoms with Crippen LogP contribution in [-0.4, -0.2) is 30.3 Å². The molecule has 0 saturated heterocycles. The lowest BCUT2D eigenvalue weighted by atomic mass is 10.1. The van der Waals surface area contributed by atoms with Crippen LogP contribution in [0.3, 0.4) is 0 Å². The van der Waals surface area contributed by atoms with Gasteiger partial charge in [-0.1, -0.05) is 18.2 Å². The molecule has 1 aromatic carbocycles. The van der Waals surface area contributed by atoms with Gasteiger partial charge in [0.15, 0.2) is 0 Å². The highest BCUT2D eigenvalue weighted by molar-refractivity contribution is 6.18. The minimum Gasteiger partial charge on any atom is -0.345 e. The number of halogens is 2. The molecule has 0 aliphatic rings. The number of amides is 1. The minimum atomic E-state index is -0.222. The summed E-state index contributed by atoms with van der Waals surface area (Å²) >= 11 is 5.48. The Bertz CT molecular complexity index is 357. The number of alkyl halides is 1. The molecule has 0 unspecified atom stereocenters. The van der Waals surface area contributed by atoms with Gasteiger partial charge in [-0.05, 0) is 18.1 Å². The van der Waals surface area contributed by atoms with E-state index in [0.717, 1.165) is 0 Å². The van der Waals surface area contributed by atoms with E-state index in [0.29, 0.717) is 30.8 Å². The number of benzene rings is 1. The number of likely N-dealkylation sites (N-methyl/N-ethyl adjacent to an activating group) is 1. The third-order valence-corrected chi connectivity index (χ3v) is 2.60. The quantitative estimate of drug-likeness (QED) is 0.728. The summed E-state index contributed by atoms with van der Waals surface area (Å²) in [6.07, 6.45) is 0.854. The van der Waals surface area contributed by atoms with E-state index in [1.807, 2.05) is 0 Å². The highest BCUT2D eigenvalue weighted by atomic mass is 35.5. The molecule has 0 aromatic heterocycles. The van der Waals surface area contributed by atoms with E-state index < -0.39 is 0 Å². The molecule has 0 N–H and O–H groups in total. The predicted octanol–water partition coefficient (Wildman–Crippen LogP) is 2.46. The van der Waals surface area contributed by atoms with Gasteiger partial charge in [-0.25, -0.2) is 4.39 Å². The number of hydrogen-bond acceptors (Lipinski definition) is 1. The second-order valence-electron chi connectivity index (χ2n) is 3.60. The molecule has 2 nitrogen and oxygen atoms in total. The average molecular weight is 244 g/mol. The molecule has 88 valence electrons. The Morgan fingerprint density at radius 1 is 1.44 bits per heavy atom. The molecule has 1 amide bonds. The van der Waals surface area contributed by atoms with Crippen LogP contribution in [0.25, 0.3) is 0 Å². The molecule has 0 radical (unpaired) electrons. The van der Waals surface area contributed by atoms with E-state index in [4.69, 9.17) is 11.6 Å². The average Bonchev–Trinajstić information content (AvgIpc) is 2.28. The first kappa shape index (κ1) is 13.0. The zero-order chi connectivity index (χ0) is 12.0. The summed E-state index contributed by atoms with van der Waals surface area (Å²) in [6, 6.07) is 6.60. The summed E-state index contributed by atoms with van der Waals surface area (Å²) in [5.74, 6) is 0.0927. The van der Waals surface area contributed by atoms with Gasteiger partial charge in [0.25, 0.3) is 0 Å². The van der Waals surface area contributed by atoms with Crippen LogP contribution in [0.1, 0.15) is 12.0 Å². The Morgan fingerprint density at radius 2 is 2.12 bits per heavy atom. The van der Waals surface area contributed by atoms with Gasteiger partial charge in [0.2, 0.25) is 5.91 Å². The Kier molecular flexibility index (Phi) is 5.26.